The summed E-state index contributed by atoms with van der Waals surface area (Å²) < 4.78 is 11.0. The third-order valence-corrected chi connectivity index (χ3v) is 5.66. The predicted octanol–water partition coefficient (Wildman–Crippen LogP) is 1.40. The zero-order chi connectivity index (χ0) is 19.1. The van der Waals surface area contributed by atoms with Crippen LogP contribution in [0.4, 0.5) is 0 Å². The largest absolute Gasteiger partial charge is 0.497 e. The lowest BCUT2D eigenvalue weighted by atomic mass is 9.96. The minimum atomic E-state index is -0.346. The summed E-state index contributed by atoms with van der Waals surface area (Å²) in [5, 5.41) is 3.27. The van der Waals surface area contributed by atoms with Gasteiger partial charge in [-0.25, -0.2) is 0 Å². The van der Waals surface area contributed by atoms with Crippen LogP contribution in [-0.4, -0.2) is 81.8 Å². The maximum atomic E-state index is 13.1. The van der Waals surface area contributed by atoms with Gasteiger partial charge in [-0.3, -0.25) is 4.79 Å². The van der Waals surface area contributed by atoms with Gasteiger partial charge in [-0.1, -0.05) is 12.1 Å². The van der Waals surface area contributed by atoms with Crippen molar-refractivity contribution in [2.45, 2.75) is 25.4 Å². The van der Waals surface area contributed by atoms with Crippen molar-refractivity contribution in [3.05, 3.63) is 29.8 Å². The molecule has 2 fully saturated rings. The summed E-state index contributed by atoms with van der Waals surface area (Å²) in [5.74, 6) is 1.58. The summed E-state index contributed by atoms with van der Waals surface area (Å²) in [5.41, 5.74) is 1.22. The van der Waals surface area contributed by atoms with E-state index in [2.05, 4.69) is 29.4 Å². The van der Waals surface area contributed by atoms with E-state index in [1.54, 1.807) is 7.11 Å². The van der Waals surface area contributed by atoms with E-state index >= 15 is 0 Å². The van der Waals surface area contributed by atoms with E-state index < -0.39 is 0 Å². The molecular formula is C21H33N3O3. The molecule has 2 saturated heterocycles. The van der Waals surface area contributed by atoms with E-state index in [0.717, 1.165) is 57.7 Å². The van der Waals surface area contributed by atoms with Crippen LogP contribution in [0, 0.1) is 5.92 Å². The van der Waals surface area contributed by atoms with Crippen LogP contribution in [0.1, 0.15) is 18.4 Å². The van der Waals surface area contributed by atoms with Gasteiger partial charge in [-0.15, -0.1) is 0 Å². The number of morpholine rings is 1. The van der Waals surface area contributed by atoms with E-state index in [9.17, 15) is 4.79 Å². The first kappa shape index (κ1) is 20.1. The van der Waals surface area contributed by atoms with Gasteiger partial charge in [-0.2, -0.15) is 0 Å². The third kappa shape index (κ3) is 5.92. The molecule has 1 aromatic rings. The molecule has 3 rings (SSSR count). The number of rotatable bonds is 7. The number of carbonyl (C=O) groups is 1. The lowest BCUT2D eigenvalue weighted by Crippen LogP contribution is -2.51. The standard InChI is InChI=1S/C21H33N3O3/c1-23-11-7-18(8-12-23)16-24(21(25)20-15-22-10-14-27-20)13-9-17-3-5-19(26-2)6-4-17/h3-6,18,20,22H,7-16H2,1-2H3/t20-/m0/s1. The van der Waals surface area contributed by atoms with Gasteiger partial charge in [0.25, 0.3) is 5.91 Å². The van der Waals surface area contributed by atoms with Crippen LogP contribution < -0.4 is 10.1 Å². The Bertz CT molecular complexity index is 579. The number of likely N-dealkylation sites (tertiary alicyclic amines) is 1. The van der Waals surface area contributed by atoms with E-state index in [4.69, 9.17) is 9.47 Å². The van der Waals surface area contributed by atoms with E-state index in [-0.39, 0.29) is 12.0 Å². The first-order valence-electron chi connectivity index (χ1n) is 10.1. The number of hydrogen-bond donors (Lipinski definition) is 1. The van der Waals surface area contributed by atoms with Crippen molar-refractivity contribution < 1.29 is 14.3 Å². The zero-order valence-corrected chi connectivity index (χ0v) is 16.7. The van der Waals surface area contributed by atoms with Gasteiger partial charge in [0.1, 0.15) is 11.9 Å². The second-order valence-corrected chi connectivity index (χ2v) is 7.69. The lowest BCUT2D eigenvalue weighted by molar-refractivity contribution is -0.146. The molecule has 150 valence electrons. The molecule has 2 aliphatic heterocycles. The number of piperidine rings is 1. The molecule has 1 amide bonds. The first-order valence-corrected chi connectivity index (χ1v) is 10.1. The van der Waals surface area contributed by atoms with Gasteiger partial charge in [0, 0.05) is 26.2 Å². The van der Waals surface area contributed by atoms with Crippen molar-refractivity contribution >= 4 is 5.91 Å². The van der Waals surface area contributed by atoms with Gasteiger partial charge < -0.3 is 24.6 Å². The van der Waals surface area contributed by atoms with Crippen LogP contribution in [0.5, 0.6) is 5.75 Å². The summed E-state index contributed by atoms with van der Waals surface area (Å²) in [6.07, 6.45) is 2.82. The average molecular weight is 376 g/mol. The van der Waals surface area contributed by atoms with E-state index in [1.807, 2.05) is 17.0 Å². The number of carbonyl (C=O) groups excluding carboxylic acids is 1. The number of nitrogens with zero attached hydrogens (tertiary/aromatic N) is 2. The number of ether oxygens (including phenoxy) is 2. The molecule has 2 heterocycles. The van der Waals surface area contributed by atoms with Crippen LogP contribution in [0.3, 0.4) is 0 Å². The summed E-state index contributed by atoms with van der Waals surface area (Å²) in [6.45, 7) is 5.85. The fourth-order valence-electron chi connectivity index (χ4n) is 3.83. The van der Waals surface area contributed by atoms with Crippen LogP contribution in [0.2, 0.25) is 0 Å². The maximum Gasteiger partial charge on any atom is 0.253 e. The van der Waals surface area contributed by atoms with Crippen molar-refractivity contribution in [3.63, 3.8) is 0 Å². The smallest absolute Gasteiger partial charge is 0.253 e. The normalized spacial score (nSPS) is 21.8. The summed E-state index contributed by atoms with van der Waals surface area (Å²) in [6, 6.07) is 8.12. The van der Waals surface area contributed by atoms with Crippen LogP contribution in [0.25, 0.3) is 0 Å². The Morgan fingerprint density at radius 1 is 1.30 bits per heavy atom. The average Bonchev–Trinajstić information content (AvgIpc) is 2.73. The number of amides is 1. The monoisotopic (exact) mass is 375 g/mol. The summed E-state index contributed by atoms with van der Waals surface area (Å²) in [7, 11) is 3.85. The van der Waals surface area contributed by atoms with Gasteiger partial charge in [0.15, 0.2) is 0 Å². The molecule has 27 heavy (non-hydrogen) atoms. The summed E-state index contributed by atoms with van der Waals surface area (Å²) >= 11 is 0. The Hall–Kier alpha value is -1.63. The van der Waals surface area contributed by atoms with Gasteiger partial charge in [0.2, 0.25) is 0 Å². The molecule has 0 unspecified atom stereocenters. The van der Waals surface area contributed by atoms with Crippen molar-refractivity contribution in [3.8, 4) is 5.75 Å². The van der Waals surface area contributed by atoms with Crippen molar-refractivity contribution in [2.75, 3.05) is 60.0 Å². The number of benzene rings is 1. The molecule has 0 bridgehead atoms. The predicted molar refractivity (Wildman–Crippen MR) is 106 cm³/mol. The first-order chi connectivity index (χ1) is 13.2. The molecule has 0 radical (unpaired) electrons. The van der Waals surface area contributed by atoms with Gasteiger partial charge >= 0.3 is 0 Å². The van der Waals surface area contributed by atoms with Crippen LogP contribution >= 0.6 is 0 Å². The van der Waals surface area contributed by atoms with Crippen molar-refractivity contribution in [2.24, 2.45) is 5.92 Å². The molecule has 1 N–H and O–H groups in total. The molecule has 0 aliphatic carbocycles. The third-order valence-electron chi connectivity index (χ3n) is 5.66. The molecule has 1 atom stereocenters. The zero-order valence-electron chi connectivity index (χ0n) is 16.7. The fourth-order valence-corrected chi connectivity index (χ4v) is 3.83. The number of nitrogens with one attached hydrogen (secondary N) is 1. The minimum absolute atomic E-state index is 0.134. The summed E-state index contributed by atoms with van der Waals surface area (Å²) in [4.78, 5) is 17.5. The molecule has 6 nitrogen and oxygen atoms in total. The highest BCUT2D eigenvalue weighted by Crippen LogP contribution is 2.19. The Labute approximate surface area is 162 Å². The van der Waals surface area contributed by atoms with Crippen LogP contribution in [0.15, 0.2) is 24.3 Å². The molecule has 0 spiro atoms. The van der Waals surface area contributed by atoms with Gasteiger partial charge in [-0.05, 0) is 63.0 Å². The maximum absolute atomic E-state index is 13.1. The molecular weight excluding hydrogens is 342 g/mol. The second kappa shape index (κ2) is 10.1. The fraction of sp³-hybridized carbons (Fsp3) is 0.667. The minimum Gasteiger partial charge on any atom is -0.497 e. The topological polar surface area (TPSA) is 54.0 Å². The van der Waals surface area contributed by atoms with E-state index in [1.165, 1.54) is 5.56 Å². The number of methoxy groups -OCH3 is 1. The van der Waals surface area contributed by atoms with Crippen molar-refractivity contribution in [1.29, 1.82) is 0 Å². The SMILES string of the molecule is COc1ccc(CCN(CC2CCN(C)CC2)C(=O)[C@@H]2CNCCO2)cc1. The molecule has 0 saturated carbocycles. The second-order valence-electron chi connectivity index (χ2n) is 7.69. The van der Waals surface area contributed by atoms with Gasteiger partial charge in [0.05, 0.1) is 13.7 Å². The molecule has 6 heteroatoms. The Balaban J connectivity index is 1.61. The lowest BCUT2D eigenvalue weighted by Gasteiger charge is -2.35. The quantitative estimate of drug-likeness (QED) is 0.781. The highest BCUT2D eigenvalue weighted by Gasteiger charge is 2.29. The van der Waals surface area contributed by atoms with Crippen LogP contribution in [-0.2, 0) is 16.0 Å². The molecule has 0 aromatic heterocycles. The Morgan fingerprint density at radius 2 is 2.04 bits per heavy atom. The highest BCUT2D eigenvalue weighted by molar-refractivity contribution is 5.81. The van der Waals surface area contributed by atoms with Crippen molar-refractivity contribution in [1.82, 2.24) is 15.1 Å². The Morgan fingerprint density at radius 3 is 2.67 bits per heavy atom. The molecule has 1 aromatic carbocycles. The number of hydrogen-bond acceptors (Lipinski definition) is 5. The van der Waals surface area contributed by atoms with E-state index in [0.29, 0.717) is 19.1 Å². The highest BCUT2D eigenvalue weighted by atomic mass is 16.5. The Kier molecular flexibility index (Phi) is 7.50. The molecule has 2 aliphatic rings.